The topological polar surface area (TPSA) is 101 Å². The van der Waals surface area contributed by atoms with E-state index in [-0.39, 0.29) is 0 Å². The van der Waals surface area contributed by atoms with E-state index < -0.39 is 9.84 Å². The molecule has 0 aliphatic carbocycles. The summed E-state index contributed by atoms with van der Waals surface area (Å²) in [4.78, 5) is 8.92. The van der Waals surface area contributed by atoms with Crippen molar-refractivity contribution < 1.29 is 8.42 Å². The summed E-state index contributed by atoms with van der Waals surface area (Å²) >= 11 is 0. The second kappa shape index (κ2) is 6.40. The van der Waals surface area contributed by atoms with Gasteiger partial charge in [0, 0.05) is 11.8 Å². The van der Waals surface area contributed by atoms with Gasteiger partial charge in [-0.05, 0) is 36.8 Å². The van der Waals surface area contributed by atoms with Crippen molar-refractivity contribution in [2.75, 3.05) is 11.6 Å². The average Bonchev–Trinajstić information content (AvgIpc) is 3.05. The van der Waals surface area contributed by atoms with Gasteiger partial charge in [0.2, 0.25) is 0 Å². The predicted octanol–water partition coefficient (Wildman–Crippen LogP) is 2.19. The van der Waals surface area contributed by atoms with Gasteiger partial charge in [0.05, 0.1) is 17.1 Å². The minimum Gasteiger partial charge on any atom is -0.363 e. The average molecular weight is 343 g/mol. The minimum absolute atomic E-state index is 0.294. The summed E-state index contributed by atoms with van der Waals surface area (Å²) in [7, 11) is -3.20. The number of nitrogens with zero attached hydrogens (tertiary/aromatic N) is 3. The number of rotatable bonds is 5. The smallest absolute Gasteiger partial charge is 0.175 e. The van der Waals surface area contributed by atoms with E-state index >= 15 is 0 Å². The van der Waals surface area contributed by atoms with Crippen LogP contribution in [-0.2, 0) is 16.4 Å². The monoisotopic (exact) mass is 343 g/mol. The van der Waals surface area contributed by atoms with Crippen LogP contribution >= 0.6 is 0 Å². The molecule has 2 N–H and O–H groups in total. The molecule has 0 unspecified atom stereocenters. The number of hydrogen-bond acceptors (Lipinski definition) is 6. The van der Waals surface area contributed by atoms with E-state index in [0.717, 1.165) is 22.6 Å². The second-order valence-corrected chi connectivity index (χ2v) is 7.51. The lowest BCUT2D eigenvalue weighted by molar-refractivity contribution is 0.602. The molecule has 0 saturated heterocycles. The highest BCUT2D eigenvalue weighted by atomic mass is 32.2. The molecule has 0 aliphatic heterocycles. The first kappa shape index (κ1) is 16.1. The Balaban J connectivity index is 1.85. The Kier molecular flexibility index (Phi) is 4.30. The molecular weight excluding hydrogens is 326 g/mol. The van der Waals surface area contributed by atoms with E-state index in [1.165, 1.54) is 12.6 Å². The molecule has 0 bridgehead atoms. The number of anilines is 1. The van der Waals surface area contributed by atoms with E-state index in [1.54, 1.807) is 24.3 Å². The fraction of sp³-hybridized carbons (Fsp3) is 0.188. The molecule has 2 aromatic heterocycles. The molecule has 0 spiro atoms. The van der Waals surface area contributed by atoms with Crippen molar-refractivity contribution in [1.82, 2.24) is 20.2 Å². The van der Waals surface area contributed by atoms with Crippen LogP contribution in [0.4, 0.5) is 5.82 Å². The first-order valence-corrected chi connectivity index (χ1v) is 9.18. The molecule has 3 rings (SSSR count). The SMILES string of the molecule is Cc1cc(NCc2ncn[nH]2)nc(-c2ccc(S(C)(=O)=O)cc2)c1. The van der Waals surface area contributed by atoms with E-state index in [4.69, 9.17) is 0 Å². The van der Waals surface area contributed by atoms with Crippen molar-refractivity contribution in [2.24, 2.45) is 0 Å². The molecule has 7 nitrogen and oxygen atoms in total. The van der Waals surface area contributed by atoms with Gasteiger partial charge in [0.1, 0.15) is 18.0 Å². The number of benzene rings is 1. The molecule has 0 radical (unpaired) electrons. The number of pyridine rings is 1. The molecule has 0 saturated carbocycles. The van der Waals surface area contributed by atoms with Gasteiger partial charge in [-0.2, -0.15) is 5.10 Å². The number of aryl methyl sites for hydroxylation is 1. The standard InChI is InChI=1S/C16H17N5O2S/c1-11-7-14(12-3-5-13(6-4-12)24(2,22)23)20-15(8-11)17-9-16-18-10-19-21-16/h3-8,10H,9H2,1-2H3,(H,17,20)(H,18,19,21). The Bertz CT molecular complexity index is 935. The second-order valence-electron chi connectivity index (χ2n) is 5.50. The summed E-state index contributed by atoms with van der Waals surface area (Å²) in [6.07, 6.45) is 2.65. The van der Waals surface area contributed by atoms with Gasteiger partial charge in [-0.3, -0.25) is 5.10 Å². The lowest BCUT2D eigenvalue weighted by Gasteiger charge is -2.09. The predicted molar refractivity (Wildman–Crippen MR) is 91.2 cm³/mol. The molecule has 3 aromatic rings. The summed E-state index contributed by atoms with van der Waals surface area (Å²) in [5.41, 5.74) is 2.68. The van der Waals surface area contributed by atoms with Crippen molar-refractivity contribution in [2.45, 2.75) is 18.4 Å². The lowest BCUT2D eigenvalue weighted by atomic mass is 10.1. The zero-order chi connectivity index (χ0) is 17.2. The Labute approximate surface area is 140 Å². The Morgan fingerprint density at radius 2 is 1.92 bits per heavy atom. The number of aromatic amines is 1. The van der Waals surface area contributed by atoms with Gasteiger partial charge in [-0.15, -0.1) is 0 Å². The summed E-state index contributed by atoms with van der Waals surface area (Å²) < 4.78 is 23.1. The van der Waals surface area contributed by atoms with Crippen molar-refractivity contribution >= 4 is 15.7 Å². The molecule has 0 amide bonds. The molecule has 8 heteroatoms. The van der Waals surface area contributed by atoms with Gasteiger partial charge in [0.25, 0.3) is 0 Å². The summed E-state index contributed by atoms with van der Waals surface area (Å²) in [5.74, 6) is 1.44. The molecule has 124 valence electrons. The fourth-order valence-electron chi connectivity index (χ4n) is 2.27. The highest BCUT2D eigenvalue weighted by molar-refractivity contribution is 7.90. The maximum atomic E-state index is 11.5. The highest BCUT2D eigenvalue weighted by Gasteiger charge is 2.08. The third-order valence-corrected chi connectivity index (χ3v) is 4.58. The maximum absolute atomic E-state index is 11.5. The molecule has 1 aromatic carbocycles. The third kappa shape index (κ3) is 3.77. The van der Waals surface area contributed by atoms with Gasteiger partial charge in [0.15, 0.2) is 9.84 Å². The Morgan fingerprint density at radius 3 is 2.54 bits per heavy atom. The van der Waals surface area contributed by atoms with E-state index in [9.17, 15) is 8.42 Å². The van der Waals surface area contributed by atoms with Crippen LogP contribution in [0.5, 0.6) is 0 Å². The number of aromatic nitrogens is 4. The van der Waals surface area contributed by atoms with Gasteiger partial charge >= 0.3 is 0 Å². The molecule has 24 heavy (non-hydrogen) atoms. The van der Waals surface area contributed by atoms with E-state index in [2.05, 4.69) is 25.5 Å². The lowest BCUT2D eigenvalue weighted by Crippen LogP contribution is -2.04. The van der Waals surface area contributed by atoms with E-state index in [0.29, 0.717) is 17.3 Å². The number of sulfone groups is 1. The third-order valence-electron chi connectivity index (χ3n) is 3.45. The maximum Gasteiger partial charge on any atom is 0.175 e. The first-order chi connectivity index (χ1) is 11.4. The largest absolute Gasteiger partial charge is 0.363 e. The normalized spacial score (nSPS) is 11.4. The van der Waals surface area contributed by atoms with Crippen LogP contribution in [0.25, 0.3) is 11.3 Å². The van der Waals surface area contributed by atoms with Crippen LogP contribution in [0, 0.1) is 6.92 Å². The summed E-state index contributed by atoms with van der Waals surface area (Å²) in [6.45, 7) is 2.47. The Hall–Kier alpha value is -2.74. The number of nitrogens with one attached hydrogen (secondary N) is 2. The zero-order valence-corrected chi connectivity index (χ0v) is 14.1. The van der Waals surface area contributed by atoms with Gasteiger partial charge < -0.3 is 5.32 Å². The van der Waals surface area contributed by atoms with E-state index in [1.807, 2.05) is 19.1 Å². The van der Waals surface area contributed by atoms with Crippen molar-refractivity contribution in [1.29, 1.82) is 0 Å². The van der Waals surface area contributed by atoms with Crippen molar-refractivity contribution in [3.05, 3.63) is 54.1 Å². The summed E-state index contributed by atoms with van der Waals surface area (Å²) in [5, 5.41) is 9.77. The fourth-order valence-corrected chi connectivity index (χ4v) is 2.90. The highest BCUT2D eigenvalue weighted by Crippen LogP contribution is 2.23. The quantitative estimate of drug-likeness (QED) is 0.736. The number of H-pyrrole nitrogens is 1. The van der Waals surface area contributed by atoms with Crippen LogP contribution in [-0.4, -0.2) is 34.8 Å². The van der Waals surface area contributed by atoms with Crippen LogP contribution in [0.3, 0.4) is 0 Å². The first-order valence-electron chi connectivity index (χ1n) is 7.29. The molecular formula is C16H17N5O2S. The minimum atomic E-state index is -3.20. The number of hydrogen-bond donors (Lipinski definition) is 2. The van der Waals surface area contributed by atoms with Crippen LogP contribution in [0.2, 0.25) is 0 Å². The van der Waals surface area contributed by atoms with Gasteiger partial charge in [-0.1, -0.05) is 12.1 Å². The zero-order valence-electron chi connectivity index (χ0n) is 13.3. The van der Waals surface area contributed by atoms with Gasteiger partial charge in [-0.25, -0.2) is 18.4 Å². The van der Waals surface area contributed by atoms with Crippen molar-refractivity contribution in [3.8, 4) is 11.3 Å². The molecule has 2 heterocycles. The van der Waals surface area contributed by atoms with Crippen LogP contribution in [0.15, 0.2) is 47.6 Å². The molecule has 0 aliphatic rings. The van der Waals surface area contributed by atoms with Crippen LogP contribution < -0.4 is 5.32 Å². The van der Waals surface area contributed by atoms with Crippen molar-refractivity contribution in [3.63, 3.8) is 0 Å². The molecule has 0 atom stereocenters. The Morgan fingerprint density at radius 1 is 1.17 bits per heavy atom. The summed E-state index contributed by atoms with van der Waals surface area (Å²) in [6, 6.07) is 10.6. The molecule has 0 fully saturated rings. The van der Waals surface area contributed by atoms with Crippen LogP contribution in [0.1, 0.15) is 11.4 Å².